The molecule has 1 aromatic rings. The molecule has 1 rings (SSSR count). The van der Waals surface area contributed by atoms with E-state index in [2.05, 4.69) is 34.6 Å². The maximum Gasteiger partial charge on any atom is 0.252 e. The molecular weight excluding hydrogens is 232 g/mol. The molecule has 1 nitrogen and oxygen atoms in total. The molecule has 0 saturated heterocycles. The van der Waals surface area contributed by atoms with Gasteiger partial charge in [0.05, 0.1) is 0 Å². The van der Waals surface area contributed by atoms with E-state index in [9.17, 15) is 4.79 Å². The average molecular weight is 253 g/mol. The summed E-state index contributed by atoms with van der Waals surface area (Å²) >= 11 is 5.44. The molecule has 0 saturated carbocycles. The predicted molar refractivity (Wildman–Crippen MR) is 73.7 cm³/mol. The molecule has 2 heteroatoms. The summed E-state index contributed by atoms with van der Waals surface area (Å²) in [6, 6.07) is 7.60. The molecule has 0 heterocycles. The standard InChI is InChI=1S/C15H21ClO/c1-14(2,3)10-15(4,5)12-8-6-11(7-9-12)13(16)17/h6-9H,10H2,1-5H3. The Kier molecular flexibility index (Phi) is 4.03. The van der Waals surface area contributed by atoms with Crippen molar-refractivity contribution in [3.8, 4) is 0 Å². The fraction of sp³-hybridized carbons (Fsp3) is 0.533. The van der Waals surface area contributed by atoms with E-state index >= 15 is 0 Å². The van der Waals surface area contributed by atoms with Gasteiger partial charge >= 0.3 is 0 Å². The average Bonchev–Trinajstić information content (AvgIpc) is 2.14. The van der Waals surface area contributed by atoms with Crippen LogP contribution in [0.4, 0.5) is 0 Å². The van der Waals surface area contributed by atoms with Gasteiger partial charge in [-0.3, -0.25) is 4.79 Å². The van der Waals surface area contributed by atoms with Crippen molar-refractivity contribution in [3.63, 3.8) is 0 Å². The Balaban J connectivity index is 2.96. The molecule has 1 aromatic carbocycles. The van der Waals surface area contributed by atoms with Crippen molar-refractivity contribution in [2.45, 2.75) is 46.5 Å². The molecule has 0 aliphatic carbocycles. The van der Waals surface area contributed by atoms with E-state index in [0.717, 1.165) is 6.42 Å². The fourth-order valence-corrected chi connectivity index (χ4v) is 2.61. The lowest BCUT2D eigenvalue weighted by Gasteiger charge is -2.33. The van der Waals surface area contributed by atoms with Crippen LogP contribution in [0.25, 0.3) is 0 Å². The van der Waals surface area contributed by atoms with Gasteiger partial charge in [0.25, 0.3) is 5.24 Å². The minimum absolute atomic E-state index is 0.103. The first-order valence-corrected chi connectivity index (χ1v) is 6.30. The summed E-state index contributed by atoms with van der Waals surface area (Å²) < 4.78 is 0. The molecule has 94 valence electrons. The zero-order chi connectivity index (χ0) is 13.3. The number of carbonyl (C=O) groups is 1. The first-order valence-electron chi connectivity index (χ1n) is 5.92. The largest absolute Gasteiger partial charge is 0.276 e. The number of rotatable bonds is 3. The first-order chi connectivity index (χ1) is 7.62. The Morgan fingerprint density at radius 1 is 1.06 bits per heavy atom. The van der Waals surface area contributed by atoms with Gasteiger partial charge in [-0.25, -0.2) is 0 Å². The summed E-state index contributed by atoms with van der Waals surface area (Å²) in [7, 11) is 0. The third-order valence-electron chi connectivity index (χ3n) is 2.87. The minimum atomic E-state index is -0.398. The second-order valence-electron chi connectivity index (χ2n) is 6.47. The van der Waals surface area contributed by atoms with E-state index < -0.39 is 5.24 Å². The topological polar surface area (TPSA) is 17.1 Å². The molecule has 0 N–H and O–H groups in total. The summed E-state index contributed by atoms with van der Waals surface area (Å²) in [6.07, 6.45) is 1.09. The van der Waals surface area contributed by atoms with Crippen molar-refractivity contribution in [1.82, 2.24) is 0 Å². The molecule has 0 bridgehead atoms. The van der Waals surface area contributed by atoms with Crippen LogP contribution in [0.2, 0.25) is 0 Å². The van der Waals surface area contributed by atoms with Crippen LogP contribution in [-0.2, 0) is 5.41 Å². The van der Waals surface area contributed by atoms with Crippen molar-refractivity contribution in [2.75, 3.05) is 0 Å². The van der Waals surface area contributed by atoms with Crippen molar-refractivity contribution >= 4 is 16.8 Å². The zero-order valence-corrected chi connectivity index (χ0v) is 12.1. The van der Waals surface area contributed by atoms with Gasteiger partial charge in [-0.05, 0) is 46.5 Å². The summed E-state index contributed by atoms with van der Waals surface area (Å²) in [4.78, 5) is 11.0. The van der Waals surface area contributed by atoms with Crippen LogP contribution >= 0.6 is 11.6 Å². The molecule has 0 atom stereocenters. The highest BCUT2D eigenvalue weighted by Crippen LogP contribution is 2.36. The van der Waals surface area contributed by atoms with Crippen molar-refractivity contribution in [3.05, 3.63) is 35.4 Å². The van der Waals surface area contributed by atoms with E-state index in [1.54, 1.807) is 12.1 Å². The third kappa shape index (κ3) is 4.16. The Labute approximate surface area is 109 Å². The molecule has 0 amide bonds. The normalized spacial score (nSPS) is 12.6. The molecule has 0 aliphatic rings. The number of carbonyl (C=O) groups excluding carboxylic acids is 1. The van der Waals surface area contributed by atoms with Crippen LogP contribution in [0.15, 0.2) is 24.3 Å². The lowest BCUT2D eigenvalue weighted by molar-refractivity contribution is 0.108. The monoisotopic (exact) mass is 252 g/mol. The van der Waals surface area contributed by atoms with Gasteiger partial charge in [0, 0.05) is 5.56 Å². The molecular formula is C15H21ClO. The van der Waals surface area contributed by atoms with Crippen molar-refractivity contribution in [2.24, 2.45) is 5.41 Å². The second-order valence-corrected chi connectivity index (χ2v) is 6.82. The SMILES string of the molecule is CC(C)(C)CC(C)(C)c1ccc(C(=O)Cl)cc1. The van der Waals surface area contributed by atoms with Crippen LogP contribution in [0.3, 0.4) is 0 Å². The number of halogens is 1. The summed E-state index contributed by atoms with van der Waals surface area (Å²) in [5.74, 6) is 0. The van der Waals surface area contributed by atoms with Gasteiger partial charge in [-0.2, -0.15) is 0 Å². The van der Waals surface area contributed by atoms with Crippen LogP contribution < -0.4 is 0 Å². The van der Waals surface area contributed by atoms with Crippen LogP contribution in [0, 0.1) is 5.41 Å². The smallest absolute Gasteiger partial charge is 0.252 e. The van der Waals surface area contributed by atoms with Crippen LogP contribution in [0.1, 0.15) is 57.0 Å². The maximum atomic E-state index is 11.0. The van der Waals surface area contributed by atoms with E-state index in [4.69, 9.17) is 11.6 Å². The Hall–Kier alpha value is -0.820. The zero-order valence-electron chi connectivity index (χ0n) is 11.3. The fourth-order valence-electron chi connectivity index (χ4n) is 2.48. The molecule has 0 spiro atoms. The number of benzene rings is 1. The van der Waals surface area contributed by atoms with Gasteiger partial charge < -0.3 is 0 Å². The van der Waals surface area contributed by atoms with Crippen LogP contribution in [-0.4, -0.2) is 5.24 Å². The van der Waals surface area contributed by atoms with E-state index in [-0.39, 0.29) is 10.8 Å². The molecule has 0 radical (unpaired) electrons. The second kappa shape index (κ2) is 4.81. The highest BCUT2D eigenvalue weighted by atomic mass is 35.5. The quantitative estimate of drug-likeness (QED) is 0.708. The molecule has 0 unspecified atom stereocenters. The Morgan fingerprint density at radius 3 is 1.88 bits per heavy atom. The minimum Gasteiger partial charge on any atom is -0.276 e. The molecule has 0 fully saturated rings. The van der Waals surface area contributed by atoms with Gasteiger partial charge in [0.2, 0.25) is 0 Å². The Morgan fingerprint density at radius 2 is 1.53 bits per heavy atom. The highest BCUT2D eigenvalue weighted by molar-refractivity contribution is 6.67. The van der Waals surface area contributed by atoms with Crippen molar-refractivity contribution < 1.29 is 4.79 Å². The first kappa shape index (κ1) is 14.2. The maximum absolute atomic E-state index is 11.0. The molecule has 0 aliphatic heterocycles. The van der Waals surface area contributed by atoms with Crippen molar-refractivity contribution in [1.29, 1.82) is 0 Å². The van der Waals surface area contributed by atoms with Gasteiger partial charge in [-0.1, -0.05) is 46.8 Å². The third-order valence-corrected chi connectivity index (χ3v) is 3.08. The lowest BCUT2D eigenvalue weighted by atomic mass is 9.72. The summed E-state index contributed by atoms with van der Waals surface area (Å²) in [5.41, 5.74) is 2.19. The van der Waals surface area contributed by atoms with Crippen LogP contribution in [0.5, 0.6) is 0 Å². The summed E-state index contributed by atoms with van der Waals surface area (Å²) in [6.45, 7) is 11.2. The number of hydrogen-bond donors (Lipinski definition) is 0. The van der Waals surface area contributed by atoms with E-state index in [1.165, 1.54) is 5.56 Å². The molecule has 0 aromatic heterocycles. The van der Waals surface area contributed by atoms with Gasteiger partial charge in [0.1, 0.15) is 0 Å². The molecule has 17 heavy (non-hydrogen) atoms. The summed E-state index contributed by atoms with van der Waals surface area (Å²) in [5, 5.41) is -0.398. The van der Waals surface area contributed by atoms with Gasteiger partial charge in [0.15, 0.2) is 0 Å². The predicted octanol–water partition coefficient (Wildman–Crippen LogP) is 4.78. The lowest BCUT2D eigenvalue weighted by Crippen LogP contribution is -2.24. The highest BCUT2D eigenvalue weighted by Gasteiger charge is 2.27. The van der Waals surface area contributed by atoms with E-state index in [1.807, 2.05) is 12.1 Å². The number of hydrogen-bond acceptors (Lipinski definition) is 1. The van der Waals surface area contributed by atoms with E-state index in [0.29, 0.717) is 5.56 Å². The Bertz CT molecular complexity index is 396. The van der Waals surface area contributed by atoms with Gasteiger partial charge in [-0.15, -0.1) is 0 Å².